The van der Waals surface area contributed by atoms with Crippen LogP contribution in [0, 0.1) is 5.41 Å². The van der Waals surface area contributed by atoms with Crippen molar-refractivity contribution in [3.05, 3.63) is 71.3 Å². The van der Waals surface area contributed by atoms with E-state index in [1.54, 1.807) is 0 Å². The van der Waals surface area contributed by atoms with Crippen LogP contribution in [0.1, 0.15) is 40.7 Å². The van der Waals surface area contributed by atoms with Gasteiger partial charge in [0.15, 0.2) is 5.78 Å². The second kappa shape index (κ2) is 7.60. The number of hydrogen-bond acceptors (Lipinski definition) is 2. The maximum absolute atomic E-state index is 12.4. The third-order valence-electron chi connectivity index (χ3n) is 3.28. The van der Waals surface area contributed by atoms with Gasteiger partial charge in [0.2, 0.25) is 0 Å². The maximum atomic E-state index is 12.4. The van der Waals surface area contributed by atoms with Crippen molar-refractivity contribution < 1.29 is 4.79 Å². The standard InChI is InChI=1S/C17H18N2O.ClH/c1-12(10-16(18)19)14-8-5-9-15(11-14)17(20)13-6-3-2-4-7-13;/h2-9,11-12H,10H2,1H3,(H3,18,19);1H. The van der Waals surface area contributed by atoms with Gasteiger partial charge >= 0.3 is 0 Å². The largest absolute Gasteiger partial charge is 0.388 e. The lowest BCUT2D eigenvalue weighted by Crippen LogP contribution is -2.13. The van der Waals surface area contributed by atoms with E-state index in [4.69, 9.17) is 11.1 Å². The molecule has 110 valence electrons. The zero-order valence-corrected chi connectivity index (χ0v) is 12.7. The van der Waals surface area contributed by atoms with E-state index in [1.807, 2.05) is 61.5 Å². The maximum Gasteiger partial charge on any atom is 0.193 e. The molecule has 0 spiro atoms. The first-order valence-corrected chi connectivity index (χ1v) is 6.60. The Bertz CT molecular complexity index is 626. The molecule has 3 nitrogen and oxygen atoms in total. The van der Waals surface area contributed by atoms with Gasteiger partial charge < -0.3 is 5.73 Å². The summed E-state index contributed by atoms with van der Waals surface area (Å²) in [5, 5.41) is 7.36. The van der Waals surface area contributed by atoms with Crippen molar-refractivity contribution in [1.29, 1.82) is 5.41 Å². The molecule has 4 heteroatoms. The molecule has 1 unspecified atom stereocenters. The van der Waals surface area contributed by atoms with E-state index >= 15 is 0 Å². The molecule has 0 saturated carbocycles. The molecular weight excluding hydrogens is 284 g/mol. The predicted octanol–water partition coefficient (Wildman–Crippen LogP) is 3.77. The van der Waals surface area contributed by atoms with Crippen molar-refractivity contribution in [3.8, 4) is 0 Å². The fraction of sp³-hybridized carbons (Fsp3) is 0.176. The van der Waals surface area contributed by atoms with Crippen molar-refractivity contribution in [2.24, 2.45) is 5.73 Å². The summed E-state index contributed by atoms with van der Waals surface area (Å²) in [7, 11) is 0. The van der Waals surface area contributed by atoms with Crippen LogP contribution in [0.15, 0.2) is 54.6 Å². The van der Waals surface area contributed by atoms with Crippen LogP contribution in [0.25, 0.3) is 0 Å². The highest BCUT2D eigenvalue weighted by molar-refractivity contribution is 6.09. The lowest BCUT2D eigenvalue weighted by molar-refractivity contribution is 0.103. The van der Waals surface area contributed by atoms with Gasteiger partial charge in [-0.25, -0.2) is 0 Å². The highest BCUT2D eigenvalue weighted by Crippen LogP contribution is 2.21. The van der Waals surface area contributed by atoms with Crippen LogP contribution in [-0.4, -0.2) is 11.6 Å². The van der Waals surface area contributed by atoms with Gasteiger partial charge in [-0.2, -0.15) is 0 Å². The third-order valence-corrected chi connectivity index (χ3v) is 3.28. The predicted molar refractivity (Wildman–Crippen MR) is 88.5 cm³/mol. The van der Waals surface area contributed by atoms with E-state index in [9.17, 15) is 4.79 Å². The van der Waals surface area contributed by atoms with E-state index in [-0.39, 0.29) is 29.9 Å². The normalized spacial score (nSPS) is 11.3. The zero-order valence-electron chi connectivity index (χ0n) is 11.9. The van der Waals surface area contributed by atoms with E-state index in [1.165, 1.54) is 0 Å². The number of hydrogen-bond donors (Lipinski definition) is 2. The van der Waals surface area contributed by atoms with Crippen LogP contribution in [-0.2, 0) is 0 Å². The van der Waals surface area contributed by atoms with Crippen molar-refractivity contribution in [2.45, 2.75) is 19.3 Å². The molecule has 2 rings (SSSR count). The minimum Gasteiger partial charge on any atom is -0.388 e. The number of halogens is 1. The van der Waals surface area contributed by atoms with Gasteiger partial charge in [0.25, 0.3) is 0 Å². The van der Waals surface area contributed by atoms with Crippen LogP contribution in [0.5, 0.6) is 0 Å². The number of carbonyl (C=O) groups is 1. The summed E-state index contributed by atoms with van der Waals surface area (Å²) in [5.74, 6) is 0.316. The Morgan fingerprint density at radius 2 is 1.71 bits per heavy atom. The van der Waals surface area contributed by atoms with Crippen molar-refractivity contribution in [1.82, 2.24) is 0 Å². The van der Waals surface area contributed by atoms with Crippen molar-refractivity contribution in [3.63, 3.8) is 0 Å². The molecule has 0 bridgehead atoms. The molecular formula is C17H19ClN2O. The Kier molecular flexibility index (Phi) is 6.12. The molecule has 2 aromatic carbocycles. The number of nitrogens with one attached hydrogen (secondary N) is 1. The van der Waals surface area contributed by atoms with Gasteiger partial charge in [0, 0.05) is 17.5 Å². The monoisotopic (exact) mass is 302 g/mol. The molecule has 0 saturated heterocycles. The molecule has 3 N–H and O–H groups in total. The minimum atomic E-state index is 0. The van der Waals surface area contributed by atoms with E-state index in [2.05, 4.69) is 0 Å². The van der Waals surface area contributed by atoms with Crippen LogP contribution in [0.3, 0.4) is 0 Å². The smallest absolute Gasteiger partial charge is 0.193 e. The molecule has 1 atom stereocenters. The van der Waals surface area contributed by atoms with E-state index in [0.717, 1.165) is 5.56 Å². The average Bonchev–Trinajstić information content (AvgIpc) is 2.47. The van der Waals surface area contributed by atoms with Gasteiger partial charge in [-0.15, -0.1) is 12.4 Å². The van der Waals surface area contributed by atoms with Gasteiger partial charge in [0.1, 0.15) is 0 Å². The Balaban J connectivity index is 0.00000220. The lowest BCUT2D eigenvalue weighted by atomic mass is 9.93. The van der Waals surface area contributed by atoms with Crippen molar-refractivity contribution >= 4 is 24.0 Å². The van der Waals surface area contributed by atoms with E-state index in [0.29, 0.717) is 17.5 Å². The number of amidine groups is 1. The van der Waals surface area contributed by atoms with Crippen LogP contribution in [0.4, 0.5) is 0 Å². The molecule has 21 heavy (non-hydrogen) atoms. The quantitative estimate of drug-likeness (QED) is 0.501. The highest BCUT2D eigenvalue weighted by Gasteiger charge is 2.12. The summed E-state index contributed by atoms with van der Waals surface area (Å²) in [6.45, 7) is 2.01. The first-order chi connectivity index (χ1) is 9.58. The highest BCUT2D eigenvalue weighted by atomic mass is 35.5. The Morgan fingerprint density at radius 3 is 2.33 bits per heavy atom. The second-order valence-electron chi connectivity index (χ2n) is 4.95. The van der Waals surface area contributed by atoms with Crippen molar-refractivity contribution in [2.75, 3.05) is 0 Å². The third kappa shape index (κ3) is 4.43. The summed E-state index contributed by atoms with van der Waals surface area (Å²) in [6.07, 6.45) is 0.503. The molecule has 0 amide bonds. The lowest BCUT2D eigenvalue weighted by Gasteiger charge is -2.12. The molecule has 0 heterocycles. The van der Waals surface area contributed by atoms with Gasteiger partial charge in [-0.05, 0) is 17.5 Å². The Morgan fingerprint density at radius 1 is 1.10 bits per heavy atom. The van der Waals surface area contributed by atoms with Crippen LogP contribution < -0.4 is 5.73 Å². The molecule has 0 aliphatic carbocycles. The zero-order chi connectivity index (χ0) is 14.5. The van der Waals surface area contributed by atoms with E-state index < -0.39 is 0 Å². The molecule has 0 aromatic heterocycles. The number of nitrogens with two attached hydrogens (primary N) is 1. The fourth-order valence-electron chi connectivity index (χ4n) is 2.19. The topological polar surface area (TPSA) is 66.9 Å². The molecule has 0 radical (unpaired) electrons. The summed E-state index contributed by atoms with van der Waals surface area (Å²) in [6, 6.07) is 16.8. The molecule has 0 fully saturated rings. The number of benzene rings is 2. The Labute approximate surface area is 131 Å². The molecule has 0 aliphatic rings. The number of carbonyl (C=O) groups excluding carboxylic acids is 1. The van der Waals surface area contributed by atoms with Gasteiger partial charge in [-0.3, -0.25) is 10.2 Å². The molecule has 2 aromatic rings. The molecule has 0 aliphatic heterocycles. The SMILES string of the molecule is CC(CC(=N)N)c1cccc(C(=O)c2ccccc2)c1.Cl. The van der Waals surface area contributed by atoms with Crippen LogP contribution in [0.2, 0.25) is 0 Å². The Hall–Kier alpha value is -2.13. The summed E-state index contributed by atoms with van der Waals surface area (Å²) in [5.41, 5.74) is 7.82. The van der Waals surface area contributed by atoms with Gasteiger partial charge in [0.05, 0.1) is 5.84 Å². The minimum absolute atomic E-state index is 0. The summed E-state index contributed by atoms with van der Waals surface area (Å²) in [4.78, 5) is 12.4. The number of rotatable bonds is 5. The van der Waals surface area contributed by atoms with Gasteiger partial charge in [-0.1, -0.05) is 55.5 Å². The fourth-order valence-corrected chi connectivity index (χ4v) is 2.19. The average molecular weight is 303 g/mol. The second-order valence-corrected chi connectivity index (χ2v) is 4.95. The number of ketones is 1. The first-order valence-electron chi connectivity index (χ1n) is 6.60. The summed E-state index contributed by atoms with van der Waals surface area (Å²) >= 11 is 0. The summed E-state index contributed by atoms with van der Waals surface area (Å²) < 4.78 is 0. The van der Waals surface area contributed by atoms with Crippen LogP contribution >= 0.6 is 12.4 Å². The first kappa shape index (κ1) is 16.9.